The van der Waals surface area contributed by atoms with Crippen molar-refractivity contribution in [1.29, 1.82) is 0 Å². The van der Waals surface area contributed by atoms with Crippen molar-refractivity contribution in [1.82, 2.24) is 10.2 Å². The van der Waals surface area contributed by atoms with Gasteiger partial charge in [-0.15, -0.1) is 0 Å². The lowest BCUT2D eigenvalue weighted by Crippen LogP contribution is -2.34. The van der Waals surface area contributed by atoms with E-state index >= 15 is 0 Å². The van der Waals surface area contributed by atoms with Crippen LogP contribution < -0.4 is 10.6 Å². The molecular formula is C27H47N3O2. The van der Waals surface area contributed by atoms with Gasteiger partial charge in [0.05, 0.1) is 0 Å². The van der Waals surface area contributed by atoms with Gasteiger partial charge in [0.25, 0.3) is 5.91 Å². The number of hydrogen-bond donors (Lipinski definition) is 2. The fraction of sp³-hybridized carbons (Fsp3) is 0.704. The minimum absolute atomic E-state index is 0.0531. The fourth-order valence-electron chi connectivity index (χ4n) is 3.85. The molecule has 0 radical (unpaired) electrons. The van der Waals surface area contributed by atoms with Crippen LogP contribution in [0.2, 0.25) is 0 Å². The van der Waals surface area contributed by atoms with Gasteiger partial charge in [-0.2, -0.15) is 0 Å². The summed E-state index contributed by atoms with van der Waals surface area (Å²) >= 11 is 0. The van der Waals surface area contributed by atoms with E-state index in [9.17, 15) is 9.59 Å². The summed E-state index contributed by atoms with van der Waals surface area (Å²) in [5.74, 6) is -0.0201. The lowest BCUT2D eigenvalue weighted by Gasteiger charge is -2.18. The number of likely N-dealkylation sites (N-methyl/N-ethyl adjacent to an activating group) is 1. The minimum atomic E-state index is -0.0732. The van der Waals surface area contributed by atoms with Crippen molar-refractivity contribution in [3.05, 3.63) is 29.8 Å². The molecule has 32 heavy (non-hydrogen) atoms. The van der Waals surface area contributed by atoms with Crippen molar-refractivity contribution in [3.8, 4) is 0 Å². The third-order valence-corrected chi connectivity index (χ3v) is 6.05. The highest BCUT2D eigenvalue weighted by atomic mass is 16.2. The Hall–Kier alpha value is -1.88. The topological polar surface area (TPSA) is 61.4 Å². The maximum Gasteiger partial charge on any atom is 0.251 e. The molecule has 0 aromatic heterocycles. The molecule has 1 aromatic rings. The highest BCUT2D eigenvalue weighted by Gasteiger charge is 2.07. The summed E-state index contributed by atoms with van der Waals surface area (Å²) in [6.45, 7) is 9.96. The van der Waals surface area contributed by atoms with Gasteiger partial charge in [-0.25, -0.2) is 0 Å². The lowest BCUT2D eigenvalue weighted by molar-refractivity contribution is -0.116. The van der Waals surface area contributed by atoms with Crippen LogP contribution in [0.5, 0.6) is 0 Å². The van der Waals surface area contributed by atoms with Crippen LogP contribution in [-0.2, 0) is 4.79 Å². The first-order chi connectivity index (χ1) is 15.6. The number of unbranched alkanes of at least 4 members (excludes halogenated alkanes) is 10. The van der Waals surface area contributed by atoms with E-state index in [2.05, 4.69) is 36.3 Å². The number of anilines is 1. The molecule has 0 atom stereocenters. The van der Waals surface area contributed by atoms with Gasteiger partial charge in [0.2, 0.25) is 5.91 Å². The Balaban J connectivity index is 2.12. The number of nitrogens with one attached hydrogen (secondary N) is 2. The molecule has 0 unspecified atom stereocenters. The minimum Gasteiger partial charge on any atom is -0.351 e. The van der Waals surface area contributed by atoms with Gasteiger partial charge < -0.3 is 15.5 Å². The first-order valence-corrected chi connectivity index (χ1v) is 13.0. The third kappa shape index (κ3) is 13.5. The number of nitrogens with zero attached hydrogens (tertiary/aromatic N) is 1. The molecule has 0 aliphatic rings. The van der Waals surface area contributed by atoms with Crippen molar-refractivity contribution in [2.75, 3.05) is 31.5 Å². The molecule has 5 nitrogen and oxygen atoms in total. The predicted molar refractivity (Wildman–Crippen MR) is 136 cm³/mol. The van der Waals surface area contributed by atoms with Crippen LogP contribution >= 0.6 is 0 Å². The Morgan fingerprint density at radius 3 is 1.81 bits per heavy atom. The normalized spacial score (nSPS) is 11.0. The first-order valence-electron chi connectivity index (χ1n) is 13.0. The second kappa shape index (κ2) is 18.7. The molecule has 0 heterocycles. The van der Waals surface area contributed by atoms with E-state index in [-0.39, 0.29) is 11.8 Å². The second-order valence-electron chi connectivity index (χ2n) is 8.69. The summed E-state index contributed by atoms with van der Waals surface area (Å²) < 4.78 is 0. The average molecular weight is 446 g/mol. The first kappa shape index (κ1) is 28.2. The molecule has 0 fully saturated rings. The van der Waals surface area contributed by atoms with Crippen LogP contribution in [0.15, 0.2) is 24.3 Å². The number of amides is 2. The molecular weight excluding hydrogens is 398 g/mol. The van der Waals surface area contributed by atoms with E-state index in [1.165, 1.54) is 57.8 Å². The van der Waals surface area contributed by atoms with Gasteiger partial charge >= 0.3 is 0 Å². The molecule has 5 heteroatoms. The Labute approximate surface area is 196 Å². The Morgan fingerprint density at radius 2 is 1.28 bits per heavy atom. The van der Waals surface area contributed by atoms with Gasteiger partial charge in [-0.05, 0) is 43.8 Å². The molecule has 0 aliphatic heterocycles. The maximum absolute atomic E-state index is 12.2. The van der Waals surface area contributed by atoms with Crippen LogP contribution in [0.4, 0.5) is 5.69 Å². The van der Waals surface area contributed by atoms with Gasteiger partial charge in [-0.1, -0.05) is 85.0 Å². The highest BCUT2D eigenvalue weighted by molar-refractivity contribution is 5.95. The van der Waals surface area contributed by atoms with Crippen LogP contribution in [-0.4, -0.2) is 42.9 Å². The lowest BCUT2D eigenvalue weighted by atomic mass is 10.1. The average Bonchev–Trinajstić information content (AvgIpc) is 2.80. The Morgan fingerprint density at radius 1 is 0.750 bits per heavy atom. The van der Waals surface area contributed by atoms with E-state index in [0.717, 1.165) is 38.2 Å². The molecule has 182 valence electrons. The van der Waals surface area contributed by atoms with Crippen molar-refractivity contribution < 1.29 is 9.59 Å². The van der Waals surface area contributed by atoms with Gasteiger partial charge in [-0.3, -0.25) is 9.59 Å². The Kier molecular flexibility index (Phi) is 16.4. The molecule has 0 bridgehead atoms. The van der Waals surface area contributed by atoms with Crippen molar-refractivity contribution >= 4 is 17.5 Å². The van der Waals surface area contributed by atoms with Crippen molar-refractivity contribution in [2.45, 2.75) is 97.8 Å². The zero-order valence-corrected chi connectivity index (χ0v) is 20.9. The summed E-state index contributed by atoms with van der Waals surface area (Å²) in [5.41, 5.74) is 1.37. The number of benzene rings is 1. The fourth-order valence-corrected chi connectivity index (χ4v) is 3.85. The van der Waals surface area contributed by atoms with Crippen LogP contribution in [0.3, 0.4) is 0 Å². The van der Waals surface area contributed by atoms with Gasteiger partial charge in [0, 0.05) is 30.8 Å². The van der Waals surface area contributed by atoms with E-state index in [1.807, 2.05) is 0 Å². The molecule has 0 saturated heterocycles. The number of carbonyl (C=O) groups is 2. The number of hydrogen-bond acceptors (Lipinski definition) is 3. The highest BCUT2D eigenvalue weighted by Crippen LogP contribution is 2.13. The monoisotopic (exact) mass is 445 g/mol. The SMILES string of the molecule is CCCCCCCCCCCCCC(=O)Nc1ccc(C(=O)NCCN(CC)CC)cc1. The summed E-state index contributed by atoms with van der Waals surface area (Å²) in [4.78, 5) is 26.7. The van der Waals surface area contributed by atoms with Crippen molar-refractivity contribution in [3.63, 3.8) is 0 Å². The Bertz CT molecular complexity index is 612. The van der Waals surface area contributed by atoms with Crippen LogP contribution in [0.1, 0.15) is 108 Å². The molecule has 0 spiro atoms. The van der Waals surface area contributed by atoms with E-state index < -0.39 is 0 Å². The molecule has 2 amide bonds. The smallest absolute Gasteiger partial charge is 0.251 e. The second-order valence-corrected chi connectivity index (χ2v) is 8.69. The summed E-state index contributed by atoms with van der Waals surface area (Å²) in [6.07, 6.45) is 14.6. The van der Waals surface area contributed by atoms with Crippen LogP contribution in [0, 0.1) is 0 Å². The summed E-state index contributed by atoms with van der Waals surface area (Å²) in [7, 11) is 0. The number of rotatable bonds is 19. The zero-order chi connectivity index (χ0) is 23.4. The van der Waals surface area contributed by atoms with Gasteiger partial charge in [0.1, 0.15) is 0 Å². The standard InChI is InChI=1S/C27H47N3O2/c1-4-7-8-9-10-11-12-13-14-15-16-17-26(31)29-25-20-18-24(19-21-25)27(32)28-22-23-30(5-2)6-3/h18-21H,4-17,22-23H2,1-3H3,(H,28,32)(H,29,31). The molecule has 0 saturated carbocycles. The largest absolute Gasteiger partial charge is 0.351 e. The summed E-state index contributed by atoms with van der Waals surface area (Å²) in [5, 5.41) is 5.89. The third-order valence-electron chi connectivity index (χ3n) is 6.05. The van der Waals surface area contributed by atoms with E-state index in [0.29, 0.717) is 18.5 Å². The van der Waals surface area contributed by atoms with Crippen LogP contribution in [0.25, 0.3) is 0 Å². The quantitative estimate of drug-likeness (QED) is 0.242. The zero-order valence-electron chi connectivity index (χ0n) is 20.9. The van der Waals surface area contributed by atoms with E-state index in [4.69, 9.17) is 0 Å². The maximum atomic E-state index is 12.2. The van der Waals surface area contributed by atoms with Gasteiger partial charge in [0.15, 0.2) is 0 Å². The van der Waals surface area contributed by atoms with E-state index in [1.54, 1.807) is 24.3 Å². The van der Waals surface area contributed by atoms with Crippen molar-refractivity contribution in [2.24, 2.45) is 0 Å². The number of carbonyl (C=O) groups excluding carboxylic acids is 2. The molecule has 0 aliphatic carbocycles. The molecule has 2 N–H and O–H groups in total. The molecule has 1 aromatic carbocycles. The molecule has 1 rings (SSSR count). The predicted octanol–water partition coefficient (Wildman–Crippen LogP) is 6.40. The summed E-state index contributed by atoms with van der Waals surface area (Å²) in [6, 6.07) is 7.14.